The number of ether oxygens (including phenoxy) is 2. The van der Waals surface area contributed by atoms with Crippen LogP contribution in [0.4, 0.5) is 0 Å². The van der Waals surface area contributed by atoms with E-state index in [1.165, 1.54) is 4.88 Å². The van der Waals surface area contributed by atoms with Crippen molar-refractivity contribution in [3.63, 3.8) is 0 Å². The molecule has 1 heterocycles. The quantitative estimate of drug-likeness (QED) is 0.334. The highest BCUT2D eigenvalue weighted by Gasteiger charge is 2.33. The number of nitrogens with zero attached hydrogens (tertiary/aromatic N) is 2. The summed E-state index contributed by atoms with van der Waals surface area (Å²) in [6.45, 7) is 2.78. The summed E-state index contributed by atoms with van der Waals surface area (Å²) in [5.41, 5.74) is 3.73. The van der Waals surface area contributed by atoms with Gasteiger partial charge in [0, 0.05) is 28.9 Å². The van der Waals surface area contributed by atoms with E-state index in [0.717, 1.165) is 43.4 Å². The summed E-state index contributed by atoms with van der Waals surface area (Å²) in [4.78, 5) is 5.73. The number of halogens is 1. The number of hydrogen-bond acceptors (Lipinski definition) is 6. The molecule has 182 valence electrons. The lowest BCUT2D eigenvalue weighted by Gasteiger charge is -2.28. The van der Waals surface area contributed by atoms with Gasteiger partial charge < -0.3 is 9.47 Å². The van der Waals surface area contributed by atoms with Crippen LogP contribution in [0.5, 0.6) is 11.5 Å². The number of thiazole rings is 1. The molecule has 0 spiro atoms. The van der Waals surface area contributed by atoms with Crippen molar-refractivity contribution in [3.05, 3.63) is 69.1 Å². The standard InChI is InChI=1S/C25H29ClN2O4S2/c1-18-25(33-17-27-18)13-14-32-23-12-7-19(15-24(23)31-2)16-28(21-5-3-4-6-21)34(29,30)22-10-8-20(26)9-11-22/h7-12,15,17,21H,3-6,13-14,16H2,1-2H3. The van der Waals surface area contributed by atoms with Gasteiger partial charge in [-0.1, -0.05) is 30.5 Å². The van der Waals surface area contributed by atoms with Gasteiger partial charge in [-0.15, -0.1) is 11.3 Å². The van der Waals surface area contributed by atoms with E-state index in [4.69, 9.17) is 21.1 Å². The fourth-order valence-corrected chi connectivity index (χ4v) is 6.84. The number of benzene rings is 2. The summed E-state index contributed by atoms with van der Waals surface area (Å²) in [7, 11) is -2.08. The van der Waals surface area contributed by atoms with Gasteiger partial charge >= 0.3 is 0 Å². The molecule has 0 atom stereocenters. The maximum absolute atomic E-state index is 13.6. The first-order valence-corrected chi connectivity index (χ1v) is 14.0. The van der Waals surface area contributed by atoms with Crippen LogP contribution in [-0.4, -0.2) is 37.5 Å². The fraction of sp³-hybridized carbons (Fsp3) is 0.400. The zero-order valence-electron chi connectivity index (χ0n) is 19.4. The Kier molecular flexibility index (Phi) is 8.14. The van der Waals surface area contributed by atoms with Crippen molar-refractivity contribution in [1.82, 2.24) is 9.29 Å². The molecule has 1 saturated carbocycles. The third-order valence-electron chi connectivity index (χ3n) is 6.15. The second kappa shape index (κ2) is 11.1. The second-order valence-electron chi connectivity index (χ2n) is 8.39. The molecular weight excluding hydrogens is 492 g/mol. The minimum absolute atomic E-state index is 0.0229. The Labute approximate surface area is 210 Å². The van der Waals surface area contributed by atoms with E-state index in [1.807, 2.05) is 30.6 Å². The molecule has 34 heavy (non-hydrogen) atoms. The first-order valence-electron chi connectivity index (χ1n) is 11.3. The van der Waals surface area contributed by atoms with Gasteiger partial charge in [-0.05, 0) is 61.7 Å². The average molecular weight is 521 g/mol. The molecular formula is C25H29ClN2O4S2. The van der Waals surface area contributed by atoms with Crippen molar-refractivity contribution in [2.45, 2.75) is 56.5 Å². The van der Waals surface area contributed by atoms with Gasteiger partial charge in [0.25, 0.3) is 0 Å². The van der Waals surface area contributed by atoms with Gasteiger partial charge in [0.2, 0.25) is 10.0 Å². The highest BCUT2D eigenvalue weighted by atomic mass is 35.5. The van der Waals surface area contributed by atoms with Gasteiger partial charge in [-0.3, -0.25) is 0 Å². The Hall–Kier alpha value is -2.13. The molecule has 1 fully saturated rings. The Bertz CT molecular complexity index is 1210. The van der Waals surface area contributed by atoms with Gasteiger partial charge in [0.05, 0.1) is 29.8 Å². The zero-order chi connectivity index (χ0) is 24.1. The minimum Gasteiger partial charge on any atom is -0.493 e. The largest absolute Gasteiger partial charge is 0.493 e. The Morgan fingerprint density at radius 3 is 2.50 bits per heavy atom. The Morgan fingerprint density at radius 2 is 1.85 bits per heavy atom. The molecule has 0 aliphatic heterocycles. The van der Waals surface area contributed by atoms with Crippen LogP contribution < -0.4 is 9.47 Å². The Balaban J connectivity index is 1.53. The molecule has 0 saturated heterocycles. The number of rotatable bonds is 10. The van der Waals surface area contributed by atoms with E-state index in [-0.39, 0.29) is 17.5 Å². The van der Waals surface area contributed by atoms with Gasteiger partial charge in [-0.25, -0.2) is 13.4 Å². The lowest BCUT2D eigenvalue weighted by atomic mass is 10.1. The summed E-state index contributed by atoms with van der Waals surface area (Å²) in [5, 5.41) is 0.511. The Morgan fingerprint density at radius 1 is 1.12 bits per heavy atom. The SMILES string of the molecule is COc1cc(CN(C2CCCC2)S(=O)(=O)c2ccc(Cl)cc2)ccc1OCCc1scnc1C. The van der Waals surface area contributed by atoms with Gasteiger partial charge in [-0.2, -0.15) is 4.31 Å². The number of methoxy groups -OCH3 is 1. The van der Waals surface area contributed by atoms with Crippen molar-refractivity contribution < 1.29 is 17.9 Å². The third kappa shape index (κ3) is 5.74. The van der Waals surface area contributed by atoms with Crippen molar-refractivity contribution >= 4 is 33.0 Å². The van der Waals surface area contributed by atoms with Crippen LogP contribution in [0.15, 0.2) is 52.9 Å². The molecule has 0 amide bonds. The maximum atomic E-state index is 13.6. The van der Waals surface area contributed by atoms with Crippen LogP contribution in [0.1, 0.15) is 41.8 Å². The van der Waals surface area contributed by atoms with E-state index < -0.39 is 10.0 Å². The summed E-state index contributed by atoms with van der Waals surface area (Å²) < 4.78 is 40.3. The van der Waals surface area contributed by atoms with Crippen molar-refractivity contribution in [2.24, 2.45) is 0 Å². The zero-order valence-corrected chi connectivity index (χ0v) is 21.8. The van der Waals surface area contributed by atoms with Gasteiger partial charge in [0.1, 0.15) is 0 Å². The van der Waals surface area contributed by atoms with Crippen LogP contribution in [-0.2, 0) is 23.0 Å². The predicted octanol–water partition coefficient (Wildman–Crippen LogP) is 5.87. The molecule has 0 radical (unpaired) electrons. The molecule has 0 unspecified atom stereocenters. The number of sulfonamides is 1. The van der Waals surface area contributed by atoms with Crippen LogP contribution in [0.25, 0.3) is 0 Å². The fourth-order valence-electron chi connectivity index (χ4n) is 4.27. The van der Waals surface area contributed by atoms with Crippen molar-refractivity contribution in [2.75, 3.05) is 13.7 Å². The highest BCUT2D eigenvalue weighted by molar-refractivity contribution is 7.89. The lowest BCUT2D eigenvalue weighted by molar-refractivity contribution is 0.296. The third-order valence-corrected chi connectivity index (χ3v) is 9.31. The van der Waals surface area contributed by atoms with Crippen molar-refractivity contribution in [3.8, 4) is 11.5 Å². The number of aryl methyl sites for hydroxylation is 1. The summed E-state index contributed by atoms with van der Waals surface area (Å²) >= 11 is 7.61. The summed E-state index contributed by atoms with van der Waals surface area (Å²) in [6.07, 6.45) is 4.57. The average Bonchev–Trinajstić information content (AvgIpc) is 3.50. The molecule has 3 aromatic rings. The molecule has 1 aliphatic carbocycles. The molecule has 9 heteroatoms. The normalized spacial score (nSPS) is 14.6. The highest BCUT2D eigenvalue weighted by Crippen LogP contribution is 2.33. The van der Waals surface area contributed by atoms with Crippen LogP contribution in [0.3, 0.4) is 0 Å². The smallest absolute Gasteiger partial charge is 0.243 e. The monoisotopic (exact) mass is 520 g/mol. The number of aromatic nitrogens is 1. The van der Waals surface area contributed by atoms with Crippen molar-refractivity contribution in [1.29, 1.82) is 0 Å². The molecule has 1 aromatic heterocycles. The van der Waals surface area contributed by atoms with E-state index >= 15 is 0 Å². The van der Waals surface area contributed by atoms with E-state index in [9.17, 15) is 8.42 Å². The molecule has 4 rings (SSSR count). The molecule has 1 aliphatic rings. The van der Waals surface area contributed by atoms with Crippen LogP contribution >= 0.6 is 22.9 Å². The molecule has 0 N–H and O–H groups in total. The molecule has 0 bridgehead atoms. The van der Waals surface area contributed by atoms with Crippen LogP contribution in [0, 0.1) is 6.92 Å². The summed E-state index contributed by atoms with van der Waals surface area (Å²) in [6, 6.07) is 12.0. The predicted molar refractivity (Wildman–Crippen MR) is 135 cm³/mol. The first kappa shape index (κ1) is 25.0. The second-order valence-corrected chi connectivity index (χ2v) is 11.7. The summed E-state index contributed by atoms with van der Waals surface area (Å²) in [5.74, 6) is 1.23. The van der Waals surface area contributed by atoms with Gasteiger partial charge in [0.15, 0.2) is 11.5 Å². The van der Waals surface area contributed by atoms with Crippen LogP contribution in [0.2, 0.25) is 5.02 Å². The topological polar surface area (TPSA) is 68.7 Å². The minimum atomic E-state index is -3.67. The van der Waals surface area contributed by atoms with E-state index in [0.29, 0.717) is 23.1 Å². The first-order chi connectivity index (χ1) is 16.4. The van der Waals surface area contributed by atoms with E-state index in [1.54, 1.807) is 47.0 Å². The molecule has 2 aromatic carbocycles. The maximum Gasteiger partial charge on any atom is 0.243 e. The molecule has 6 nitrogen and oxygen atoms in total. The number of hydrogen-bond donors (Lipinski definition) is 0. The lowest BCUT2D eigenvalue weighted by Crippen LogP contribution is -2.38. The van der Waals surface area contributed by atoms with E-state index in [2.05, 4.69) is 4.98 Å².